The lowest BCUT2D eigenvalue weighted by Gasteiger charge is -2.30. The van der Waals surface area contributed by atoms with Gasteiger partial charge in [-0.2, -0.15) is 0 Å². The van der Waals surface area contributed by atoms with E-state index < -0.39 is 0 Å². The summed E-state index contributed by atoms with van der Waals surface area (Å²) in [6.07, 6.45) is 9.77. The number of thiophene rings is 2. The van der Waals surface area contributed by atoms with Crippen molar-refractivity contribution in [1.82, 2.24) is 0 Å². The van der Waals surface area contributed by atoms with Crippen molar-refractivity contribution in [3.05, 3.63) is 80.9 Å². The van der Waals surface area contributed by atoms with Crippen molar-refractivity contribution in [3.63, 3.8) is 0 Å². The number of rotatable bonds is 2. The van der Waals surface area contributed by atoms with Crippen molar-refractivity contribution < 1.29 is 0 Å². The maximum atomic E-state index is 6.75. The predicted octanol–water partition coefficient (Wildman–Crippen LogP) is 6.42. The number of hydrogen-bond acceptors (Lipinski definition) is 2. The summed E-state index contributed by atoms with van der Waals surface area (Å²) in [4.78, 5) is 2.62. The summed E-state index contributed by atoms with van der Waals surface area (Å²) in [7, 11) is 0. The van der Waals surface area contributed by atoms with E-state index in [1.54, 1.807) is 11.3 Å². The van der Waals surface area contributed by atoms with Gasteiger partial charge >= 0.3 is 0 Å². The molecule has 4 rings (SSSR count). The van der Waals surface area contributed by atoms with Crippen LogP contribution in [-0.2, 0) is 5.41 Å². The number of hydrogen-bond donors (Lipinski definition) is 0. The third kappa shape index (κ3) is 2.02. The Kier molecular flexibility index (Phi) is 3.26. The largest absolute Gasteiger partial charge is 0.148 e. The van der Waals surface area contributed by atoms with E-state index in [0.717, 1.165) is 16.8 Å². The fourth-order valence-electron chi connectivity index (χ4n) is 2.92. The zero-order valence-electron chi connectivity index (χ0n) is 11.3. The molecule has 0 aliphatic heterocycles. The van der Waals surface area contributed by atoms with Crippen LogP contribution in [-0.4, -0.2) is 0 Å². The number of allylic oxidation sites excluding steroid dienone is 4. The molecule has 1 atom stereocenters. The van der Waals surface area contributed by atoms with Crippen molar-refractivity contribution in [2.45, 2.75) is 11.8 Å². The molecule has 1 aliphatic rings. The summed E-state index contributed by atoms with van der Waals surface area (Å²) in [5.74, 6) is 0. The summed E-state index contributed by atoms with van der Waals surface area (Å²) >= 11 is 10.4. The first-order valence-corrected chi connectivity index (χ1v) is 8.94. The predicted molar refractivity (Wildman–Crippen MR) is 94.8 cm³/mol. The lowest BCUT2D eigenvalue weighted by molar-refractivity contribution is 0.677. The maximum absolute atomic E-state index is 6.75. The van der Waals surface area contributed by atoms with Crippen LogP contribution in [0.25, 0.3) is 10.1 Å². The first-order valence-electron chi connectivity index (χ1n) is 6.87. The summed E-state index contributed by atoms with van der Waals surface area (Å²) in [6.45, 7) is 0. The molecule has 1 aliphatic carbocycles. The van der Waals surface area contributed by atoms with Crippen molar-refractivity contribution in [2.75, 3.05) is 0 Å². The fraction of sp³-hybridized carbons (Fsp3) is 0.111. The van der Waals surface area contributed by atoms with Crippen LogP contribution in [0.4, 0.5) is 0 Å². The van der Waals surface area contributed by atoms with E-state index in [4.69, 9.17) is 11.6 Å². The lowest BCUT2D eigenvalue weighted by Crippen LogP contribution is -2.23. The summed E-state index contributed by atoms with van der Waals surface area (Å²) in [6, 6.07) is 12.7. The van der Waals surface area contributed by atoms with E-state index in [1.165, 1.54) is 14.5 Å². The van der Waals surface area contributed by atoms with Gasteiger partial charge < -0.3 is 0 Å². The molecule has 1 aromatic carbocycles. The minimum Gasteiger partial charge on any atom is -0.148 e. The molecule has 0 fully saturated rings. The second-order valence-corrected chi connectivity index (χ2v) is 7.56. The highest BCUT2D eigenvalue weighted by Gasteiger charge is 2.36. The molecule has 1 unspecified atom stereocenters. The van der Waals surface area contributed by atoms with Crippen LogP contribution >= 0.6 is 34.3 Å². The molecule has 0 spiro atoms. The lowest BCUT2D eigenvalue weighted by atomic mass is 9.78. The van der Waals surface area contributed by atoms with Crippen molar-refractivity contribution in [1.29, 1.82) is 0 Å². The monoisotopic (exact) mass is 328 g/mol. The van der Waals surface area contributed by atoms with Crippen LogP contribution in [0.2, 0.25) is 5.02 Å². The van der Waals surface area contributed by atoms with E-state index in [1.807, 2.05) is 11.3 Å². The van der Waals surface area contributed by atoms with Gasteiger partial charge in [0, 0.05) is 19.8 Å². The minimum atomic E-state index is -0.107. The molecule has 2 heterocycles. The zero-order chi connectivity index (χ0) is 14.3. The van der Waals surface area contributed by atoms with Crippen molar-refractivity contribution in [2.24, 2.45) is 0 Å². The first kappa shape index (κ1) is 13.3. The molecular formula is C18H13ClS2. The Bertz CT molecular complexity index is 839. The maximum Gasteiger partial charge on any atom is 0.0636 e. The van der Waals surface area contributed by atoms with Gasteiger partial charge in [-0.3, -0.25) is 0 Å². The van der Waals surface area contributed by atoms with Crippen LogP contribution < -0.4 is 0 Å². The molecule has 0 saturated heterocycles. The van der Waals surface area contributed by atoms with Gasteiger partial charge in [-0.1, -0.05) is 60.2 Å². The molecule has 2 aromatic heterocycles. The molecule has 3 aromatic rings. The topological polar surface area (TPSA) is 0 Å². The van der Waals surface area contributed by atoms with E-state index in [9.17, 15) is 0 Å². The van der Waals surface area contributed by atoms with Gasteiger partial charge in [0.15, 0.2) is 0 Å². The molecule has 3 heteroatoms. The van der Waals surface area contributed by atoms with Crippen LogP contribution in [0.15, 0.2) is 66.1 Å². The van der Waals surface area contributed by atoms with Crippen LogP contribution in [0.5, 0.6) is 0 Å². The molecular weight excluding hydrogens is 316 g/mol. The Morgan fingerprint density at radius 3 is 2.67 bits per heavy atom. The van der Waals surface area contributed by atoms with Crippen LogP contribution in [0.1, 0.15) is 16.2 Å². The Balaban J connectivity index is 2.01. The second-order valence-electron chi connectivity index (χ2n) is 5.18. The van der Waals surface area contributed by atoms with Crippen LogP contribution in [0.3, 0.4) is 0 Å². The standard InChI is InChI=1S/C18H13ClS2/c19-16-13-7-2-3-8-14(13)21-17(16)18(10-4-1-5-11-18)15-9-6-12-20-15/h1-10,12H,11H2. The Labute approximate surface area is 137 Å². The number of fused-ring (bicyclic) bond motifs is 1. The highest BCUT2D eigenvalue weighted by atomic mass is 35.5. The highest BCUT2D eigenvalue weighted by Crippen LogP contribution is 2.50. The molecule has 0 bridgehead atoms. The average Bonchev–Trinajstić information content (AvgIpc) is 3.17. The zero-order valence-corrected chi connectivity index (χ0v) is 13.6. The van der Waals surface area contributed by atoms with Gasteiger partial charge in [-0.15, -0.1) is 22.7 Å². The molecule has 0 saturated carbocycles. The Hall–Kier alpha value is -1.35. The number of benzene rings is 1. The molecule has 104 valence electrons. The summed E-state index contributed by atoms with van der Waals surface area (Å²) in [5, 5.41) is 4.21. The van der Waals surface area contributed by atoms with Gasteiger partial charge in [0.25, 0.3) is 0 Å². The van der Waals surface area contributed by atoms with Crippen LogP contribution in [0, 0.1) is 0 Å². The van der Waals surface area contributed by atoms with Crippen molar-refractivity contribution >= 4 is 44.4 Å². The Morgan fingerprint density at radius 2 is 1.95 bits per heavy atom. The third-order valence-electron chi connectivity index (χ3n) is 3.97. The SMILES string of the molecule is Clc1c(C2(c3cccs3)C=CC=CC2)sc2ccccc12. The number of halogens is 1. The summed E-state index contributed by atoms with van der Waals surface area (Å²) in [5.41, 5.74) is -0.107. The van der Waals surface area contributed by atoms with Gasteiger partial charge in [0.2, 0.25) is 0 Å². The van der Waals surface area contributed by atoms with E-state index in [0.29, 0.717) is 0 Å². The van der Waals surface area contributed by atoms with Gasteiger partial charge in [-0.05, 0) is 23.9 Å². The molecule has 0 nitrogen and oxygen atoms in total. The van der Waals surface area contributed by atoms with Gasteiger partial charge in [0.1, 0.15) is 0 Å². The molecule has 0 N–H and O–H groups in total. The third-order valence-corrected chi connectivity index (χ3v) is 6.87. The van der Waals surface area contributed by atoms with Gasteiger partial charge in [0.05, 0.1) is 10.4 Å². The van der Waals surface area contributed by atoms with E-state index in [2.05, 4.69) is 66.1 Å². The quantitative estimate of drug-likeness (QED) is 0.509. The minimum absolute atomic E-state index is 0.107. The average molecular weight is 329 g/mol. The second kappa shape index (κ2) is 5.13. The smallest absolute Gasteiger partial charge is 0.0636 e. The molecule has 21 heavy (non-hydrogen) atoms. The molecule has 0 amide bonds. The normalized spacial score (nSPS) is 21.2. The van der Waals surface area contributed by atoms with Gasteiger partial charge in [-0.25, -0.2) is 0 Å². The fourth-order valence-corrected chi connectivity index (χ4v) is 5.70. The van der Waals surface area contributed by atoms with E-state index in [-0.39, 0.29) is 5.41 Å². The summed E-state index contributed by atoms with van der Waals surface area (Å²) < 4.78 is 1.26. The highest BCUT2D eigenvalue weighted by molar-refractivity contribution is 7.20. The first-order chi connectivity index (χ1) is 10.3. The van der Waals surface area contributed by atoms with E-state index >= 15 is 0 Å². The Morgan fingerprint density at radius 1 is 1.05 bits per heavy atom. The van der Waals surface area contributed by atoms with Crippen molar-refractivity contribution in [3.8, 4) is 0 Å². The molecule has 0 radical (unpaired) electrons.